The second-order valence-corrected chi connectivity index (χ2v) is 7.64. The summed E-state index contributed by atoms with van der Waals surface area (Å²) >= 11 is 0. The number of amides is 1. The molecule has 3 rings (SSSR count). The van der Waals surface area contributed by atoms with Crippen LogP contribution in [0.4, 0.5) is 5.69 Å². The van der Waals surface area contributed by atoms with Crippen molar-refractivity contribution in [3.63, 3.8) is 0 Å². The van der Waals surface area contributed by atoms with Crippen LogP contribution in [0.2, 0.25) is 0 Å². The SMILES string of the molecule is C=C(Nc1cccc2c1C(=O)N(C(C)C(C)(C)O)C2)c1ccccc1OCC. The maximum absolute atomic E-state index is 13.1. The summed E-state index contributed by atoms with van der Waals surface area (Å²) in [6.45, 7) is 12.4. The third kappa shape index (κ3) is 3.76. The number of hydrogen-bond donors (Lipinski definition) is 2. The van der Waals surface area contributed by atoms with Gasteiger partial charge in [-0.25, -0.2) is 0 Å². The van der Waals surface area contributed by atoms with E-state index in [0.29, 0.717) is 30.1 Å². The van der Waals surface area contributed by atoms with Gasteiger partial charge in [0.25, 0.3) is 5.91 Å². The first-order valence-electron chi connectivity index (χ1n) is 9.57. The Morgan fingerprint density at radius 1 is 1.29 bits per heavy atom. The van der Waals surface area contributed by atoms with Crippen LogP contribution in [-0.4, -0.2) is 34.2 Å². The number of benzene rings is 2. The second-order valence-electron chi connectivity index (χ2n) is 7.64. The number of carbonyl (C=O) groups is 1. The van der Waals surface area contributed by atoms with Crippen LogP contribution in [0.3, 0.4) is 0 Å². The van der Waals surface area contributed by atoms with E-state index in [-0.39, 0.29) is 11.9 Å². The molecule has 2 aromatic rings. The topological polar surface area (TPSA) is 61.8 Å². The molecule has 28 heavy (non-hydrogen) atoms. The van der Waals surface area contributed by atoms with Crippen LogP contribution in [0.1, 0.15) is 49.2 Å². The van der Waals surface area contributed by atoms with E-state index >= 15 is 0 Å². The molecule has 2 N–H and O–H groups in total. The van der Waals surface area contributed by atoms with E-state index in [4.69, 9.17) is 4.74 Å². The van der Waals surface area contributed by atoms with Crippen molar-refractivity contribution in [1.82, 2.24) is 4.90 Å². The van der Waals surface area contributed by atoms with Gasteiger partial charge in [0.2, 0.25) is 0 Å². The molecular weight excluding hydrogens is 352 g/mol. The summed E-state index contributed by atoms with van der Waals surface area (Å²) in [5, 5.41) is 13.7. The number of para-hydroxylation sites is 1. The number of aliphatic hydroxyl groups is 1. The van der Waals surface area contributed by atoms with Gasteiger partial charge >= 0.3 is 0 Å². The molecule has 1 aliphatic rings. The van der Waals surface area contributed by atoms with Gasteiger partial charge in [-0.1, -0.05) is 30.8 Å². The Morgan fingerprint density at radius 3 is 2.68 bits per heavy atom. The van der Waals surface area contributed by atoms with E-state index in [0.717, 1.165) is 16.9 Å². The zero-order valence-electron chi connectivity index (χ0n) is 17.0. The van der Waals surface area contributed by atoms with Crippen LogP contribution >= 0.6 is 0 Å². The standard InChI is InChI=1S/C23H28N2O3/c1-6-28-20-13-8-7-11-18(20)15(2)24-19-12-9-10-17-14-25(22(26)21(17)19)16(3)23(4,5)27/h7-13,16,24,27H,2,6,14H2,1,3-5H3. The molecule has 1 atom stereocenters. The van der Waals surface area contributed by atoms with Crippen molar-refractivity contribution in [2.24, 2.45) is 0 Å². The Bertz CT molecular complexity index is 899. The number of carbonyl (C=O) groups excluding carboxylic acids is 1. The van der Waals surface area contributed by atoms with Gasteiger partial charge in [-0.2, -0.15) is 0 Å². The van der Waals surface area contributed by atoms with E-state index in [1.54, 1.807) is 18.7 Å². The molecule has 0 radical (unpaired) electrons. The number of ether oxygens (including phenoxy) is 1. The van der Waals surface area contributed by atoms with Crippen molar-refractivity contribution < 1.29 is 14.6 Å². The molecule has 0 saturated carbocycles. The zero-order valence-corrected chi connectivity index (χ0v) is 17.0. The molecule has 1 amide bonds. The predicted octanol–water partition coefficient (Wildman–Crippen LogP) is 4.28. The fourth-order valence-electron chi connectivity index (χ4n) is 3.41. The van der Waals surface area contributed by atoms with E-state index in [9.17, 15) is 9.90 Å². The Morgan fingerprint density at radius 2 is 2.00 bits per heavy atom. The van der Waals surface area contributed by atoms with E-state index in [2.05, 4.69) is 11.9 Å². The molecule has 1 unspecified atom stereocenters. The number of rotatable bonds is 7. The first-order valence-corrected chi connectivity index (χ1v) is 9.57. The van der Waals surface area contributed by atoms with Crippen LogP contribution in [0.5, 0.6) is 5.75 Å². The number of anilines is 1. The number of hydrogen-bond acceptors (Lipinski definition) is 4. The van der Waals surface area contributed by atoms with Crippen LogP contribution < -0.4 is 10.1 Å². The minimum absolute atomic E-state index is 0.0846. The van der Waals surface area contributed by atoms with E-state index in [1.807, 2.05) is 56.3 Å². The first kappa shape index (κ1) is 20.0. The zero-order chi connectivity index (χ0) is 20.5. The lowest BCUT2D eigenvalue weighted by Crippen LogP contribution is -2.47. The molecule has 0 spiro atoms. The molecule has 1 aliphatic heterocycles. The van der Waals surface area contributed by atoms with Gasteiger partial charge in [0.1, 0.15) is 5.75 Å². The Kier molecular flexibility index (Phi) is 5.47. The van der Waals surface area contributed by atoms with Crippen molar-refractivity contribution in [1.29, 1.82) is 0 Å². The maximum Gasteiger partial charge on any atom is 0.256 e. The lowest BCUT2D eigenvalue weighted by Gasteiger charge is -2.33. The highest BCUT2D eigenvalue weighted by atomic mass is 16.5. The van der Waals surface area contributed by atoms with Crippen LogP contribution in [-0.2, 0) is 6.54 Å². The first-order chi connectivity index (χ1) is 13.2. The fraction of sp³-hybridized carbons (Fsp3) is 0.348. The van der Waals surface area contributed by atoms with Crippen molar-refractivity contribution in [3.05, 3.63) is 65.7 Å². The molecule has 5 nitrogen and oxygen atoms in total. The lowest BCUT2D eigenvalue weighted by molar-refractivity contribution is -0.00644. The van der Waals surface area contributed by atoms with Crippen molar-refractivity contribution in [2.45, 2.75) is 45.9 Å². The minimum Gasteiger partial charge on any atom is -0.493 e. The molecule has 0 aliphatic carbocycles. The van der Waals surface area contributed by atoms with E-state index < -0.39 is 5.60 Å². The van der Waals surface area contributed by atoms with Crippen LogP contribution in [0, 0.1) is 0 Å². The molecule has 0 fully saturated rings. The minimum atomic E-state index is -0.981. The fourth-order valence-corrected chi connectivity index (χ4v) is 3.41. The summed E-state index contributed by atoms with van der Waals surface area (Å²) in [6, 6.07) is 13.1. The summed E-state index contributed by atoms with van der Waals surface area (Å²) in [5.41, 5.74) is 2.83. The second kappa shape index (κ2) is 7.68. The smallest absolute Gasteiger partial charge is 0.256 e. The summed E-state index contributed by atoms with van der Waals surface area (Å²) in [4.78, 5) is 14.8. The molecule has 5 heteroatoms. The van der Waals surface area contributed by atoms with E-state index in [1.165, 1.54) is 0 Å². The molecule has 0 saturated heterocycles. The van der Waals surface area contributed by atoms with Crippen molar-refractivity contribution in [2.75, 3.05) is 11.9 Å². The third-order valence-electron chi connectivity index (χ3n) is 5.25. The third-order valence-corrected chi connectivity index (χ3v) is 5.25. The van der Waals surface area contributed by atoms with Crippen molar-refractivity contribution in [3.8, 4) is 5.75 Å². The highest BCUT2D eigenvalue weighted by Crippen LogP contribution is 2.35. The van der Waals surface area contributed by atoms with Gasteiger partial charge in [0, 0.05) is 17.8 Å². The van der Waals surface area contributed by atoms with Crippen LogP contribution in [0.15, 0.2) is 49.0 Å². The summed E-state index contributed by atoms with van der Waals surface area (Å²) in [7, 11) is 0. The highest BCUT2D eigenvalue weighted by Gasteiger charge is 2.38. The number of nitrogens with zero attached hydrogens (tertiary/aromatic N) is 1. The number of nitrogens with one attached hydrogen (secondary N) is 1. The Hall–Kier alpha value is -2.79. The monoisotopic (exact) mass is 380 g/mol. The van der Waals surface area contributed by atoms with Gasteiger partial charge in [0.05, 0.1) is 29.5 Å². The predicted molar refractivity (Wildman–Crippen MR) is 112 cm³/mol. The summed E-state index contributed by atoms with van der Waals surface area (Å²) in [6.07, 6.45) is 0. The number of fused-ring (bicyclic) bond motifs is 1. The van der Waals surface area contributed by atoms with Crippen LogP contribution in [0.25, 0.3) is 5.70 Å². The average Bonchev–Trinajstić information content (AvgIpc) is 2.98. The Balaban J connectivity index is 1.89. The summed E-state index contributed by atoms with van der Waals surface area (Å²) < 4.78 is 5.69. The normalized spacial score (nSPS) is 14.6. The lowest BCUT2D eigenvalue weighted by atomic mass is 9.99. The van der Waals surface area contributed by atoms with Gasteiger partial charge in [-0.05, 0) is 51.5 Å². The van der Waals surface area contributed by atoms with Gasteiger partial charge in [0.15, 0.2) is 0 Å². The maximum atomic E-state index is 13.1. The quantitative estimate of drug-likeness (QED) is 0.752. The summed E-state index contributed by atoms with van der Waals surface area (Å²) in [5.74, 6) is 0.664. The average molecular weight is 380 g/mol. The van der Waals surface area contributed by atoms with Crippen molar-refractivity contribution >= 4 is 17.3 Å². The van der Waals surface area contributed by atoms with Gasteiger partial charge < -0.3 is 20.1 Å². The van der Waals surface area contributed by atoms with Gasteiger partial charge in [-0.15, -0.1) is 0 Å². The Labute approximate surface area is 166 Å². The molecule has 1 heterocycles. The molecule has 2 aromatic carbocycles. The van der Waals surface area contributed by atoms with Gasteiger partial charge in [-0.3, -0.25) is 4.79 Å². The largest absolute Gasteiger partial charge is 0.493 e. The molecule has 148 valence electrons. The molecule has 0 aromatic heterocycles. The molecular formula is C23H28N2O3. The molecule has 0 bridgehead atoms. The highest BCUT2D eigenvalue weighted by molar-refractivity contribution is 6.05.